The first-order valence-electron chi connectivity index (χ1n) is 8.87. The Morgan fingerprint density at radius 1 is 1.26 bits per heavy atom. The number of hydrogen-bond acceptors (Lipinski definition) is 5. The predicted molar refractivity (Wildman–Crippen MR) is 110 cm³/mol. The standard InChI is InChI=1S/C21H21N3O2S/c1-11-6-4-5-7-14(11)23-19(26)18-17(22)13-8-12-15(24-20(13)27-18)9-21(2,3)10-16(12)25/h4-8H,9-10,22H2,1-3H3,(H,23,26). The number of hydrogen-bond donors (Lipinski definition) is 2. The molecule has 0 saturated heterocycles. The summed E-state index contributed by atoms with van der Waals surface area (Å²) in [6.45, 7) is 6.08. The quantitative estimate of drug-likeness (QED) is 0.682. The molecule has 6 heteroatoms. The van der Waals surface area contributed by atoms with Crippen LogP contribution in [0.4, 0.5) is 11.4 Å². The summed E-state index contributed by atoms with van der Waals surface area (Å²) >= 11 is 1.27. The van der Waals surface area contributed by atoms with Gasteiger partial charge in [-0.3, -0.25) is 9.59 Å². The molecule has 0 fully saturated rings. The van der Waals surface area contributed by atoms with E-state index < -0.39 is 0 Å². The highest BCUT2D eigenvalue weighted by molar-refractivity contribution is 7.21. The number of Topliss-reactive ketones (excluding diaryl/α,β-unsaturated/α-hetero) is 1. The Morgan fingerprint density at radius 3 is 2.74 bits per heavy atom. The first-order valence-corrected chi connectivity index (χ1v) is 9.69. The molecule has 1 amide bonds. The minimum Gasteiger partial charge on any atom is -0.397 e. The van der Waals surface area contributed by atoms with Crippen LogP contribution in [0, 0.1) is 12.3 Å². The number of amides is 1. The molecule has 1 aromatic carbocycles. The van der Waals surface area contributed by atoms with E-state index in [1.807, 2.05) is 37.3 Å². The normalized spacial score (nSPS) is 15.6. The lowest BCUT2D eigenvalue weighted by Crippen LogP contribution is -2.27. The lowest BCUT2D eigenvalue weighted by atomic mass is 9.75. The van der Waals surface area contributed by atoms with Crippen molar-refractivity contribution in [2.75, 3.05) is 11.1 Å². The van der Waals surface area contributed by atoms with E-state index in [0.717, 1.165) is 23.4 Å². The number of nitrogen functional groups attached to an aromatic ring is 1. The monoisotopic (exact) mass is 379 g/mol. The van der Waals surface area contributed by atoms with Crippen molar-refractivity contribution in [2.45, 2.75) is 33.6 Å². The maximum atomic E-state index is 12.8. The Morgan fingerprint density at radius 2 is 2.00 bits per heavy atom. The SMILES string of the molecule is Cc1ccccc1NC(=O)c1sc2nc3c(cc2c1N)C(=O)CC(C)(C)C3. The number of rotatable bonds is 2. The topological polar surface area (TPSA) is 85.1 Å². The van der Waals surface area contributed by atoms with Crippen molar-refractivity contribution in [2.24, 2.45) is 5.41 Å². The van der Waals surface area contributed by atoms with Gasteiger partial charge in [-0.1, -0.05) is 32.0 Å². The zero-order valence-corrected chi connectivity index (χ0v) is 16.4. The Balaban J connectivity index is 1.75. The van der Waals surface area contributed by atoms with Gasteiger partial charge < -0.3 is 11.1 Å². The van der Waals surface area contributed by atoms with Gasteiger partial charge in [0.1, 0.15) is 9.71 Å². The molecule has 138 valence electrons. The zero-order valence-electron chi connectivity index (χ0n) is 15.6. The van der Waals surface area contributed by atoms with Gasteiger partial charge in [-0.15, -0.1) is 11.3 Å². The molecular weight excluding hydrogens is 358 g/mol. The summed E-state index contributed by atoms with van der Waals surface area (Å²) in [7, 11) is 0. The van der Waals surface area contributed by atoms with Crippen molar-refractivity contribution in [3.63, 3.8) is 0 Å². The second-order valence-electron chi connectivity index (χ2n) is 7.89. The number of fused-ring (bicyclic) bond motifs is 2. The Hall–Kier alpha value is -2.73. The number of nitrogens with zero attached hydrogens (tertiary/aromatic N) is 1. The molecule has 0 aliphatic heterocycles. The Bertz CT molecular complexity index is 1100. The van der Waals surface area contributed by atoms with Gasteiger partial charge in [0.2, 0.25) is 0 Å². The molecule has 0 saturated carbocycles. The van der Waals surface area contributed by atoms with Crippen LogP contribution in [0.25, 0.3) is 10.2 Å². The number of thiophene rings is 1. The largest absolute Gasteiger partial charge is 0.397 e. The summed E-state index contributed by atoms with van der Waals surface area (Å²) in [5.41, 5.74) is 9.72. The second-order valence-corrected chi connectivity index (χ2v) is 8.89. The Labute approximate surface area is 161 Å². The smallest absolute Gasteiger partial charge is 0.267 e. The van der Waals surface area contributed by atoms with Crippen LogP contribution in [-0.2, 0) is 6.42 Å². The molecule has 3 N–H and O–H groups in total. The van der Waals surface area contributed by atoms with Gasteiger partial charge in [0.25, 0.3) is 5.91 Å². The third-order valence-corrected chi connectivity index (χ3v) is 6.10. The molecule has 27 heavy (non-hydrogen) atoms. The van der Waals surface area contributed by atoms with Crippen LogP contribution in [0.3, 0.4) is 0 Å². The number of pyridine rings is 1. The van der Waals surface area contributed by atoms with Crippen LogP contribution in [0.2, 0.25) is 0 Å². The third kappa shape index (κ3) is 3.10. The van der Waals surface area contributed by atoms with Crippen LogP contribution in [0.15, 0.2) is 30.3 Å². The number of carbonyl (C=O) groups is 2. The van der Waals surface area contributed by atoms with Gasteiger partial charge in [-0.2, -0.15) is 0 Å². The minimum atomic E-state index is -0.255. The third-order valence-electron chi connectivity index (χ3n) is 4.99. The number of ketones is 1. The van der Waals surface area contributed by atoms with Crippen LogP contribution < -0.4 is 11.1 Å². The van der Waals surface area contributed by atoms with Crippen molar-refractivity contribution in [1.82, 2.24) is 4.98 Å². The average Bonchev–Trinajstić information content (AvgIpc) is 2.91. The van der Waals surface area contributed by atoms with Crippen LogP contribution in [0.5, 0.6) is 0 Å². The summed E-state index contributed by atoms with van der Waals surface area (Å²) in [5.74, 6) is -0.165. The molecule has 5 nitrogen and oxygen atoms in total. The minimum absolute atomic E-state index is 0.0900. The molecule has 0 spiro atoms. The maximum absolute atomic E-state index is 12.8. The number of para-hydroxylation sites is 1. The van der Waals surface area contributed by atoms with Gasteiger partial charge in [-0.25, -0.2) is 4.98 Å². The summed E-state index contributed by atoms with van der Waals surface area (Å²) in [6, 6.07) is 9.40. The van der Waals surface area contributed by atoms with Crippen molar-refractivity contribution in [1.29, 1.82) is 0 Å². The number of aryl methyl sites for hydroxylation is 1. The molecule has 2 heterocycles. The molecule has 2 aromatic heterocycles. The van der Waals surface area contributed by atoms with E-state index in [2.05, 4.69) is 24.1 Å². The first-order chi connectivity index (χ1) is 12.7. The molecule has 0 radical (unpaired) electrons. The van der Waals surface area contributed by atoms with E-state index in [-0.39, 0.29) is 17.1 Å². The molecule has 0 unspecified atom stereocenters. The highest BCUT2D eigenvalue weighted by atomic mass is 32.1. The fourth-order valence-electron chi connectivity index (χ4n) is 3.56. The van der Waals surface area contributed by atoms with Crippen LogP contribution in [-0.4, -0.2) is 16.7 Å². The Kier molecular flexibility index (Phi) is 4.03. The highest BCUT2D eigenvalue weighted by Crippen LogP contribution is 2.39. The van der Waals surface area contributed by atoms with E-state index in [4.69, 9.17) is 5.73 Å². The fraction of sp³-hybridized carbons (Fsp3) is 0.286. The molecule has 0 atom stereocenters. The highest BCUT2D eigenvalue weighted by Gasteiger charge is 2.33. The van der Waals surface area contributed by atoms with Crippen molar-refractivity contribution >= 4 is 44.6 Å². The van der Waals surface area contributed by atoms with Crippen molar-refractivity contribution in [3.8, 4) is 0 Å². The van der Waals surface area contributed by atoms with E-state index in [9.17, 15) is 9.59 Å². The number of nitrogens with two attached hydrogens (primary N) is 1. The molecular formula is C21H21N3O2S. The maximum Gasteiger partial charge on any atom is 0.267 e. The number of anilines is 2. The van der Waals surface area contributed by atoms with Gasteiger partial charge in [0, 0.05) is 23.1 Å². The summed E-state index contributed by atoms with van der Waals surface area (Å²) < 4.78 is 0. The lowest BCUT2D eigenvalue weighted by Gasteiger charge is -2.29. The van der Waals surface area contributed by atoms with Crippen LogP contribution >= 0.6 is 11.3 Å². The van der Waals surface area contributed by atoms with Crippen molar-refractivity contribution in [3.05, 3.63) is 52.0 Å². The lowest BCUT2D eigenvalue weighted by molar-refractivity contribution is 0.0910. The zero-order chi connectivity index (χ0) is 19.3. The summed E-state index contributed by atoms with van der Waals surface area (Å²) in [6.07, 6.45) is 1.24. The number of aromatic nitrogens is 1. The van der Waals surface area contributed by atoms with Crippen molar-refractivity contribution < 1.29 is 9.59 Å². The van der Waals surface area contributed by atoms with E-state index in [1.54, 1.807) is 0 Å². The van der Waals surface area contributed by atoms with Gasteiger partial charge in [-0.05, 0) is 36.5 Å². The number of benzene rings is 1. The number of carbonyl (C=O) groups excluding carboxylic acids is 2. The van der Waals surface area contributed by atoms with E-state index in [1.165, 1.54) is 11.3 Å². The number of nitrogens with one attached hydrogen (secondary N) is 1. The van der Waals surface area contributed by atoms with Gasteiger partial charge in [0.05, 0.1) is 11.4 Å². The predicted octanol–water partition coefficient (Wildman–Crippen LogP) is 4.59. The molecule has 0 bridgehead atoms. The average molecular weight is 379 g/mol. The molecule has 1 aliphatic carbocycles. The first kappa shape index (κ1) is 17.7. The summed E-state index contributed by atoms with van der Waals surface area (Å²) in [4.78, 5) is 31.1. The van der Waals surface area contributed by atoms with E-state index >= 15 is 0 Å². The summed E-state index contributed by atoms with van der Waals surface area (Å²) in [5, 5.41) is 3.60. The second kappa shape index (κ2) is 6.16. The molecule has 3 aromatic rings. The fourth-order valence-corrected chi connectivity index (χ4v) is 4.55. The molecule has 1 aliphatic rings. The van der Waals surface area contributed by atoms with E-state index in [0.29, 0.717) is 32.8 Å². The van der Waals surface area contributed by atoms with Gasteiger partial charge in [0.15, 0.2) is 5.78 Å². The molecule has 4 rings (SSSR count). The van der Waals surface area contributed by atoms with Crippen LogP contribution in [0.1, 0.15) is 51.6 Å². The van der Waals surface area contributed by atoms with Gasteiger partial charge >= 0.3 is 0 Å².